The minimum atomic E-state index is -0.477. The van der Waals surface area contributed by atoms with Crippen LogP contribution in [0.4, 0.5) is 5.69 Å². The highest BCUT2D eigenvalue weighted by atomic mass is 32.1. The van der Waals surface area contributed by atoms with Crippen molar-refractivity contribution in [3.63, 3.8) is 0 Å². The standard InChI is InChI=1S/C8H9N3OS.C4H5NO2.C4H8O.CH4N2S/c1-4(2)5-6(9-3)7(12)11-8(13)10-5;1-5-3-4(6)7-2;1-4(2)3-5;2-1(3)4/h4H,1-2H3,(H2,10,11,12,13);3H2,2H3;3-4H,1-2H3;(H4,2,3,4). The fourth-order valence-corrected chi connectivity index (χ4v) is 1.36. The summed E-state index contributed by atoms with van der Waals surface area (Å²) in [5.74, 6) is -0.182. The second-order valence-electron chi connectivity index (χ2n) is 5.61. The Morgan fingerprint density at radius 1 is 1.24 bits per heavy atom. The lowest BCUT2D eigenvalue weighted by atomic mass is 10.1. The van der Waals surface area contributed by atoms with Crippen LogP contribution in [0.1, 0.15) is 39.3 Å². The molecule has 0 amide bonds. The summed E-state index contributed by atoms with van der Waals surface area (Å²) in [7, 11) is 1.26. The normalized spacial score (nSPS) is 8.45. The van der Waals surface area contributed by atoms with Crippen LogP contribution in [0.25, 0.3) is 9.69 Å². The van der Waals surface area contributed by atoms with Gasteiger partial charge >= 0.3 is 12.5 Å². The number of carbonyl (C=O) groups is 2. The molecule has 0 aliphatic heterocycles. The molecule has 0 radical (unpaired) electrons. The van der Waals surface area contributed by atoms with Crippen molar-refractivity contribution < 1.29 is 14.3 Å². The molecule has 1 aromatic rings. The number of hydrogen-bond donors (Lipinski definition) is 4. The summed E-state index contributed by atoms with van der Waals surface area (Å²) < 4.78 is 4.40. The number of rotatable bonds is 3. The Kier molecular flexibility index (Phi) is 19.3. The predicted molar refractivity (Wildman–Crippen MR) is 118 cm³/mol. The van der Waals surface area contributed by atoms with Gasteiger partial charge in [-0.2, -0.15) is 0 Å². The molecule has 0 saturated heterocycles. The Morgan fingerprint density at radius 2 is 1.69 bits per heavy atom. The number of H-pyrrole nitrogens is 2. The molecule has 0 aliphatic carbocycles. The molecule has 1 aromatic heterocycles. The van der Waals surface area contributed by atoms with E-state index in [4.69, 9.17) is 25.4 Å². The van der Waals surface area contributed by atoms with Gasteiger partial charge < -0.3 is 35.8 Å². The first-order chi connectivity index (χ1) is 13.4. The maximum atomic E-state index is 11.2. The van der Waals surface area contributed by atoms with E-state index in [-0.39, 0.29) is 34.0 Å². The minimum Gasteiger partial charge on any atom is -0.464 e. The zero-order valence-electron chi connectivity index (χ0n) is 16.9. The van der Waals surface area contributed by atoms with Gasteiger partial charge in [-0.3, -0.25) is 4.79 Å². The highest BCUT2D eigenvalue weighted by Crippen LogP contribution is 2.19. The van der Waals surface area contributed by atoms with Gasteiger partial charge in [-0.25, -0.2) is 16.2 Å². The quantitative estimate of drug-likeness (QED) is 0.240. The topological polar surface area (TPSA) is 153 Å². The molecule has 12 heteroatoms. The molecule has 10 nitrogen and oxygen atoms in total. The van der Waals surface area contributed by atoms with Crippen molar-refractivity contribution in [2.24, 2.45) is 17.4 Å². The summed E-state index contributed by atoms with van der Waals surface area (Å²) in [4.78, 5) is 41.9. The van der Waals surface area contributed by atoms with Crippen molar-refractivity contribution in [3.8, 4) is 0 Å². The first kappa shape index (κ1) is 30.6. The molecule has 160 valence electrons. The molecule has 6 N–H and O–H groups in total. The van der Waals surface area contributed by atoms with Gasteiger partial charge in [0, 0.05) is 11.6 Å². The molecule has 0 saturated carbocycles. The zero-order chi connectivity index (χ0) is 23.6. The predicted octanol–water partition coefficient (Wildman–Crippen LogP) is 2.22. The molecule has 0 unspecified atom stereocenters. The third-order valence-corrected chi connectivity index (χ3v) is 2.55. The van der Waals surface area contributed by atoms with Crippen molar-refractivity contribution in [2.45, 2.75) is 33.6 Å². The van der Waals surface area contributed by atoms with Gasteiger partial charge in [-0.05, 0) is 30.4 Å². The largest absolute Gasteiger partial charge is 0.464 e. The van der Waals surface area contributed by atoms with E-state index in [0.717, 1.165) is 6.29 Å². The van der Waals surface area contributed by atoms with E-state index < -0.39 is 11.5 Å². The smallest absolute Gasteiger partial charge is 0.386 e. The van der Waals surface area contributed by atoms with E-state index in [2.05, 4.69) is 48.1 Å². The molecule has 0 aromatic carbocycles. The molecule has 0 atom stereocenters. The van der Waals surface area contributed by atoms with Gasteiger partial charge in [0.05, 0.1) is 13.7 Å². The number of nitrogens with zero attached hydrogens (tertiary/aromatic N) is 2. The average Bonchev–Trinajstić information content (AvgIpc) is 2.61. The Labute approximate surface area is 180 Å². The van der Waals surface area contributed by atoms with Gasteiger partial charge in [0.25, 0.3) is 11.2 Å². The number of nitrogens with two attached hydrogens (primary N) is 2. The number of ether oxygens (including phenoxy) is 1. The maximum Gasteiger partial charge on any atom is 0.386 e. The first-order valence-corrected chi connectivity index (χ1v) is 8.83. The highest BCUT2D eigenvalue weighted by Gasteiger charge is 2.10. The Morgan fingerprint density at radius 3 is 1.93 bits per heavy atom. The summed E-state index contributed by atoms with van der Waals surface area (Å²) in [6.45, 7) is 20.3. The van der Waals surface area contributed by atoms with E-state index in [9.17, 15) is 14.4 Å². The van der Waals surface area contributed by atoms with E-state index in [1.807, 2.05) is 27.7 Å². The third-order valence-electron chi connectivity index (χ3n) is 2.34. The number of aldehydes is 1. The molecule has 0 aliphatic rings. The molecule has 0 bridgehead atoms. The van der Waals surface area contributed by atoms with E-state index in [0.29, 0.717) is 5.69 Å². The number of hydrogen-bond acceptors (Lipinski definition) is 6. The lowest BCUT2D eigenvalue weighted by molar-refractivity contribution is -0.138. The summed E-state index contributed by atoms with van der Waals surface area (Å²) in [6, 6.07) is 0. The van der Waals surface area contributed by atoms with Gasteiger partial charge in [0.1, 0.15) is 6.29 Å². The van der Waals surface area contributed by atoms with Crippen molar-refractivity contribution in [3.05, 3.63) is 43.7 Å². The van der Waals surface area contributed by atoms with Crippen LogP contribution in [0.2, 0.25) is 0 Å². The molecule has 0 fully saturated rings. The zero-order valence-corrected chi connectivity index (χ0v) is 18.6. The summed E-state index contributed by atoms with van der Waals surface area (Å²) in [5.41, 5.74) is 9.53. The molecule has 0 spiro atoms. The molecule has 1 rings (SSSR count). The second kappa shape index (κ2) is 18.3. The van der Waals surface area contributed by atoms with Crippen molar-refractivity contribution in [1.82, 2.24) is 9.97 Å². The van der Waals surface area contributed by atoms with Crippen molar-refractivity contribution >= 4 is 47.5 Å². The molecule has 1 heterocycles. The van der Waals surface area contributed by atoms with Crippen LogP contribution in [-0.2, 0) is 14.3 Å². The molecular formula is C17H26N6O4S2. The number of esters is 1. The van der Waals surface area contributed by atoms with Crippen molar-refractivity contribution in [2.75, 3.05) is 13.7 Å². The van der Waals surface area contributed by atoms with Gasteiger partial charge in [-0.1, -0.05) is 27.7 Å². The van der Waals surface area contributed by atoms with Crippen LogP contribution < -0.4 is 17.0 Å². The number of carbonyl (C=O) groups excluding carboxylic acids is 2. The number of aromatic nitrogens is 2. The van der Waals surface area contributed by atoms with Gasteiger partial charge in [0.2, 0.25) is 0 Å². The van der Waals surface area contributed by atoms with Gasteiger partial charge in [-0.15, -0.1) is 0 Å². The third kappa shape index (κ3) is 19.5. The fourth-order valence-electron chi connectivity index (χ4n) is 1.16. The first-order valence-electron chi connectivity index (χ1n) is 8.01. The maximum absolute atomic E-state index is 11.2. The van der Waals surface area contributed by atoms with Crippen LogP contribution in [-0.4, -0.2) is 41.0 Å². The lowest BCUT2D eigenvalue weighted by Gasteiger charge is -2.06. The van der Waals surface area contributed by atoms with Crippen LogP contribution in [0.15, 0.2) is 4.79 Å². The number of thiocarbonyl (C=S) groups is 1. The Bertz CT molecular complexity index is 843. The van der Waals surface area contributed by atoms with Crippen LogP contribution in [0, 0.1) is 23.8 Å². The highest BCUT2D eigenvalue weighted by molar-refractivity contribution is 7.80. The number of methoxy groups -OCH3 is 1. The molecule has 29 heavy (non-hydrogen) atoms. The van der Waals surface area contributed by atoms with Crippen molar-refractivity contribution in [1.29, 1.82) is 0 Å². The van der Waals surface area contributed by atoms with Crippen LogP contribution in [0.3, 0.4) is 0 Å². The fraction of sp³-hybridized carbons (Fsp3) is 0.471. The summed E-state index contributed by atoms with van der Waals surface area (Å²) >= 11 is 8.89. The SMILES string of the molecule is CC(C)C=O.NC(N)=S.[C-]#[N+]CC(=O)OC.[C-]#[N+]c1c(C(C)C)[nH]c(=S)[nH]c1=O. The van der Waals surface area contributed by atoms with Crippen LogP contribution in [0.5, 0.6) is 0 Å². The van der Waals surface area contributed by atoms with E-state index in [1.54, 1.807) is 0 Å². The van der Waals surface area contributed by atoms with E-state index in [1.165, 1.54) is 7.11 Å². The number of aromatic amines is 2. The molecular weight excluding hydrogens is 416 g/mol. The summed E-state index contributed by atoms with van der Waals surface area (Å²) in [5, 5.41) is 0.000000000000000222. The minimum absolute atomic E-state index is 0.000000000000000222. The van der Waals surface area contributed by atoms with E-state index >= 15 is 0 Å². The van der Waals surface area contributed by atoms with Crippen LogP contribution >= 0.6 is 24.4 Å². The Balaban J connectivity index is -0.000000357. The monoisotopic (exact) mass is 442 g/mol. The average molecular weight is 443 g/mol. The lowest BCUT2D eigenvalue weighted by Crippen LogP contribution is -2.18. The number of nitrogens with one attached hydrogen (secondary N) is 2. The van der Waals surface area contributed by atoms with Gasteiger partial charge in [0.15, 0.2) is 9.88 Å². The summed E-state index contributed by atoms with van der Waals surface area (Å²) in [6.07, 6.45) is 0.917. The Hall–Kier alpha value is -3.09. The second-order valence-corrected chi connectivity index (χ2v) is 6.49.